The number of carboxylic acids is 1. The van der Waals surface area contributed by atoms with Crippen LogP contribution in [0.3, 0.4) is 0 Å². The second-order valence-corrected chi connectivity index (χ2v) is 14.5. The Labute approximate surface area is 237 Å². The van der Waals surface area contributed by atoms with Gasteiger partial charge in [-0.25, -0.2) is 4.18 Å². The Morgan fingerprint density at radius 3 is 2.18 bits per heavy atom. The number of carboxylic acid groups (broad SMARTS) is 1. The first-order chi connectivity index (χ1) is 18.2. The van der Waals surface area contributed by atoms with E-state index in [1.54, 1.807) is 0 Å². The van der Waals surface area contributed by atoms with Gasteiger partial charge in [-0.05, 0) is 124 Å². The summed E-state index contributed by atoms with van der Waals surface area (Å²) in [5.41, 5.74) is -0.106. The Bertz CT molecular complexity index is 919. The second kappa shape index (κ2) is 13.1. The largest absolute Gasteiger partial charge is 0.481 e. The van der Waals surface area contributed by atoms with Gasteiger partial charge in [0.2, 0.25) is 0 Å². The maximum atomic E-state index is 11.5. The molecule has 10 atom stereocenters. The maximum Gasteiger partial charge on any atom is 0.397 e. The fraction of sp³-hybridized carbons (Fsp3) is 0.967. The minimum atomic E-state index is -4.43. The van der Waals surface area contributed by atoms with Gasteiger partial charge in [0, 0.05) is 6.42 Å². The number of aliphatic hydroxyl groups is 1. The van der Waals surface area contributed by atoms with Crippen LogP contribution in [-0.4, -0.2) is 65.9 Å². The summed E-state index contributed by atoms with van der Waals surface area (Å²) in [6.07, 6.45) is 7.18. The van der Waals surface area contributed by atoms with Crippen molar-refractivity contribution in [2.45, 2.75) is 118 Å². The highest BCUT2D eigenvalue weighted by Gasteiger charge is 2.63. The van der Waals surface area contributed by atoms with Crippen molar-refractivity contribution in [3.63, 3.8) is 0 Å². The lowest BCUT2D eigenvalue weighted by atomic mass is 9.43. The fourth-order valence-corrected chi connectivity index (χ4v) is 10.1. The summed E-state index contributed by atoms with van der Waals surface area (Å²) >= 11 is 0. The number of hydrogen-bond acceptors (Lipinski definition) is 6. The molecule has 0 radical (unpaired) electrons. The number of hydrogen-bond donors (Lipinski definition) is 3. The Balaban J connectivity index is 0.000000532. The molecule has 0 saturated heterocycles. The van der Waals surface area contributed by atoms with Crippen LogP contribution in [0.2, 0.25) is 0 Å². The van der Waals surface area contributed by atoms with Gasteiger partial charge >= 0.3 is 16.4 Å². The molecule has 0 heterocycles. The van der Waals surface area contributed by atoms with Gasteiger partial charge in [-0.15, -0.1) is 0 Å². The summed E-state index contributed by atoms with van der Waals surface area (Å²) in [6.45, 7) is 16.9. The molecule has 228 valence electrons. The highest BCUT2D eigenvalue weighted by atomic mass is 32.3. The van der Waals surface area contributed by atoms with Crippen LogP contribution in [0, 0.1) is 46.3 Å². The molecule has 0 aromatic heterocycles. The lowest BCUT2D eigenvalue weighted by Crippen LogP contribution is -2.59. The Kier molecular flexibility index (Phi) is 11.0. The van der Waals surface area contributed by atoms with Crippen molar-refractivity contribution in [1.29, 1.82) is 0 Å². The molecule has 39 heavy (non-hydrogen) atoms. The van der Waals surface area contributed by atoms with Crippen molar-refractivity contribution in [2.75, 3.05) is 19.6 Å². The van der Waals surface area contributed by atoms with Gasteiger partial charge in [0.15, 0.2) is 0 Å². The van der Waals surface area contributed by atoms with Gasteiger partial charge in [-0.3, -0.25) is 9.35 Å². The Hall–Kier alpha value is -0.740. The predicted molar refractivity (Wildman–Crippen MR) is 153 cm³/mol. The Morgan fingerprint density at radius 1 is 1.00 bits per heavy atom. The number of aliphatic hydroxyl groups excluding tert-OH is 1. The zero-order valence-electron chi connectivity index (χ0n) is 25.1. The van der Waals surface area contributed by atoms with Crippen LogP contribution in [0.4, 0.5) is 0 Å². The van der Waals surface area contributed by atoms with Crippen LogP contribution in [0.1, 0.15) is 106 Å². The van der Waals surface area contributed by atoms with E-state index in [2.05, 4.69) is 46.4 Å². The van der Waals surface area contributed by atoms with Crippen molar-refractivity contribution in [1.82, 2.24) is 4.90 Å². The highest BCUT2D eigenvalue weighted by molar-refractivity contribution is 7.80. The summed E-state index contributed by atoms with van der Waals surface area (Å²) in [5.74, 6) is 1.65. The number of nitrogens with zero attached hydrogens (tertiary/aromatic N) is 1. The summed E-state index contributed by atoms with van der Waals surface area (Å²) in [7, 11) is -4.43. The number of fused-ring (bicyclic) bond motifs is 5. The molecule has 4 aliphatic rings. The molecule has 8 nitrogen and oxygen atoms in total. The van der Waals surface area contributed by atoms with E-state index < -0.39 is 28.6 Å². The van der Waals surface area contributed by atoms with E-state index in [1.165, 1.54) is 19.6 Å². The molecule has 0 amide bonds. The molecule has 0 bridgehead atoms. The van der Waals surface area contributed by atoms with Crippen molar-refractivity contribution in [2.24, 2.45) is 46.3 Å². The van der Waals surface area contributed by atoms with Gasteiger partial charge in [0.1, 0.15) is 0 Å². The van der Waals surface area contributed by atoms with Crippen molar-refractivity contribution < 1.29 is 32.2 Å². The fourth-order valence-electron chi connectivity index (χ4n) is 9.63. The lowest BCUT2D eigenvalue weighted by molar-refractivity contribution is -0.174. The first kappa shape index (κ1) is 32.8. The van der Waals surface area contributed by atoms with Gasteiger partial charge < -0.3 is 15.1 Å². The summed E-state index contributed by atoms with van der Waals surface area (Å²) in [6, 6.07) is 0. The minimum absolute atomic E-state index is 0.0529. The maximum absolute atomic E-state index is 11.5. The van der Waals surface area contributed by atoms with Crippen molar-refractivity contribution >= 4 is 16.4 Å². The zero-order chi connectivity index (χ0) is 29.2. The molecule has 2 unspecified atom stereocenters. The summed E-state index contributed by atoms with van der Waals surface area (Å²) in [4.78, 5) is 13.5. The van der Waals surface area contributed by atoms with Crippen LogP contribution < -0.4 is 0 Å². The van der Waals surface area contributed by atoms with Crippen LogP contribution >= 0.6 is 0 Å². The molecule has 4 aliphatic carbocycles. The minimum Gasteiger partial charge on any atom is -0.481 e. The van der Waals surface area contributed by atoms with E-state index in [0.29, 0.717) is 48.9 Å². The molecule has 0 aliphatic heterocycles. The Morgan fingerprint density at radius 2 is 1.64 bits per heavy atom. The van der Waals surface area contributed by atoms with E-state index >= 15 is 0 Å². The van der Waals surface area contributed by atoms with E-state index in [9.17, 15) is 18.3 Å². The summed E-state index contributed by atoms with van der Waals surface area (Å²) in [5, 5.41) is 20.7. The zero-order valence-corrected chi connectivity index (χ0v) is 26.0. The smallest absolute Gasteiger partial charge is 0.397 e. The van der Waals surface area contributed by atoms with Gasteiger partial charge in [0.05, 0.1) is 12.2 Å². The number of aliphatic carboxylic acids is 1. The topological polar surface area (TPSA) is 124 Å². The van der Waals surface area contributed by atoms with Crippen LogP contribution in [0.5, 0.6) is 0 Å². The molecular formula is C30H55NO7S. The average Bonchev–Trinajstić information content (AvgIpc) is 3.23. The molecule has 4 rings (SSSR count). The average molecular weight is 574 g/mol. The van der Waals surface area contributed by atoms with Crippen molar-refractivity contribution in [3.05, 3.63) is 0 Å². The van der Waals surface area contributed by atoms with Gasteiger partial charge in [-0.1, -0.05) is 41.5 Å². The molecule has 3 N–H and O–H groups in total. The van der Waals surface area contributed by atoms with Gasteiger partial charge in [-0.2, -0.15) is 8.42 Å². The standard InChI is InChI=1S/C24H40O7S.C6H15N/c1-14(4-9-22(26)27)18-7-8-19-17-6-5-15-12-16(31-32(28,29)30)10-11-23(15,2)20(17)13-21(25)24(18,19)3;1-4-7(5-2)6-3/h14-21,25H,4-13H2,1-3H3,(H,26,27)(H,28,29,30);4-6H2,1-3H3/t14-,15-,16-,17?,18-,19+,20?,21+,23+,24-;/m1./s1. The molecule has 4 fully saturated rings. The van der Waals surface area contributed by atoms with E-state index in [-0.39, 0.29) is 23.2 Å². The first-order valence-corrected chi connectivity index (χ1v) is 16.8. The second-order valence-electron chi connectivity index (χ2n) is 13.4. The summed E-state index contributed by atoms with van der Waals surface area (Å²) < 4.78 is 36.5. The monoisotopic (exact) mass is 573 g/mol. The normalized spacial score (nSPS) is 40.6. The SMILES string of the molecule is CCN(CC)CC.C[C@H](CCC(=O)O)[C@H]1CC[C@H]2C3CC[C@@H]4C[C@H](OS(=O)(=O)O)CC[C@]4(C)C3C[C@H](O)[C@]12C. The third-order valence-corrected chi connectivity index (χ3v) is 12.4. The van der Waals surface area contributed by atoms with Gasteiger partial charge in [0.25, 0.3) is 0 Å². The third kappa shape index (κ3) is 7.02. The quantitative estimate of drug-likeness (QED) is 0.302. The lowest BCUT2D eigenvalue weighted by Gasteiger charge is -2.62. The first-order valence-electron chi connectivity index (χ1n) is 15.5. The van der Waals surface area contributed by atoms with Crippen molar-refractivity contribution in [3.8, 4) is 0 Å². The molecular weight excluding hydrogens is 518 g/mol. The van der Waals surface area contributed by atoms with Crippen LogP contribution in [-0.2, 0) is 19.4 Å². The van der Waals surface area contributed by atoms with Crippen LogP contribution in [0.15, 0.2) is 0 Å². The predicted octanol–water partition coefficient (Wildman–Crippen LogP) is 5.65. The number of rotatable bonds is 9. The number of carbonyl (C=O) groups is 1. The van der Waals surface area contributed by atoms with E-state index in [1.807, 2.05) is 0 Å². The molecule has 9 heteroatoms. The molecule has 0 aromatic rings. The van der Waals surface area contributed by atoms with E-state index in [0.717, 1.165) is 38.5 Å². The van der Waals surface area contributed by atoms with E-state index in [4.69, 9.17) is 13.8 Å². The highest BCUT2D eigenvalue weighted by Crippen LogP contribution is 2.68. The molecule has 0 spiro atoms. The molecule has 4 saturated carbocycles. The van der Waals surface area contributed by atoms with Crippen LogP contribution in [0.25, 0.3) is 0 Å². The molecule has 0 aromatic carbocycles. The third-order valence-electron chi connectivity index (χ3n) is 11.9.